The minimum Gasteiger partial charge on any atom is -0.496 e. The van der Waals surface area contributed by atoms with E-state index < -0.39 is 11.2 Å². The van der Waals surface area contributed by atoms with Crippen LogP contribution in [-0.2, 0) is 10.3 Å². The van der Waals surface area contributed by atoms with Crippen LogP contribution in [0.15, 0.2) is 22.3 Å². The number of alkyl halides is 1. The van der Waals surface area contributed by atoms with Crippen molar-refractivity contribution < 1.29 is 13.9 Å². The van der Waals surface area contributed by atoms with Gasteiger partial charge in [-0.05, 0) is 39.3 Å². The van der Waals surface area contributed by atoms with Crippen LogP contribution in [0.1, 0.15) is 38.3 Å². The molecule has 6 nitrogen and oxygen atoms in total. The molecule has 7 heteroatoms. The topological polar surface area (TPSA) is 63.5 Å². The molecule has 1 aromatic rings. The van der Waals surface area contributed by atoms with Crippen LogP contribution in [0.5, 0.6) is 5.75 Å². The quantitative estimate of drug-likeness (QED) is 0.350. The van der Waals surface area contributed by atoms with Gasteiger partial charge in [-0.3, -0.25) is 0 Å². The van der Waals surface area contributed by atoms with E-state index in [2.05, 4.69) is 10.2 Å². The van der Waals surface area contributed by atoms with Crippen molar-refractivity contribution in [1.82, 2.24) is 4.90 Å². The smallest absolute Gasteiger partial charge is 0.166 e. The Kier molecular flexibility index (Phi) is 7.68. The third kappa shape index (κ3) is 4.58. The van der Waals surface area contributed by atoms with Crippen molar-refractivity contribution in [2.75, 3.05) is 34.4 Å². The molecule has 0 saturated carbocycles. The number of nitrogens with zero attached hydrogens (tertiary/aromatic N) is 3. The maximum absolute atomic E-state index is 15.1. The summed E-state index contributed by atoms with van der Waals surface area (Å²) >= 11 is 0. The molecule has 0 aromatic heterocycles. The van der Waals surface area contributed by atoms with Crippen LogP contribution in [0.2, 0.25) is 0 Å². The molecule has 0 N–H and O–H groups in total. The molecule has 0 heterocycles. The highest BCUT2D eigenvalue weighted by Gasteiger charge is 2.51. The predicted molar refractivity (Wildman–Crippen MR) is 103 cm³/mol. The van der Waals surface area contributed by atoms with Crippen LogP contribution >= 0.6 is 0 Å². The van der Waals surface area contributed by atoms with E-state index in [0.29, 0.717) is 17.0 Å². The van der Waals surface area contributed by atoms with Gasteiger partial charge in [-0.2, -0.15) is 0 Å². The van der Waals surface area contributed by atoms with E-state index in [-0.39, 0.29) is 13.0 Å². The van der Waals surface area contributed by atoms with Gasteiger partial charge in [0.05, 0.1) is 19.1 Å². The standard InChI is InChI=1S/C19H30FN3O3/c1-8-23(5)13-21-16-12-17(26-7)15(11-14(16)2)19(22-24,9-10-25-6)18(3,4)20/h11-13H,8-10H2,1-7H3. The fourth-order valence-corrected chi connectivity index (χ4v) is 2.76. The van der Waals surface area contributed by atoms with Crippen molar-refractivity contribution in [3.05, 3.63) is 28.2 Å². The van der Waals surface area contributed by atoms with Gasteiger partial charge in [0.15, 0.2) is 5.54 Å². The average molecular weight is 367 g/mol. The van der Waals surface area contributed by atoms with E-state index in [1.54, 1.807) is 18.5 Å². The first kappa shape index (κ1) is 22.0. The summed E-state index contributed by atoms with van der Waals surface area (Å²) in [6.45, 7) is 7.60. The van der Waals surface area contributed by atoms with Gasteiger partial charge >= 0.3 is 0 Å². The molecular weight excluding hydrogens is 337 g/mol. The van der Waals surface area contributed by atoms with Gasteiger partial charge in [0.25, 0.3) is 0 Å². The van der Waals surface area contributed by atoms with Crippen molar-refractivity contribution in [1.29, 1.82) is 0 Å². The first-order valence-electron chi connectivity index (χ1n) is 8.62. The Morgan fingerprint density at radius 3 is 2.42 bits per heavy atom. The Labute approximate surface area is 155 Å². The second-order valence-electron chi connectivity index (χ2n) is 6.82. The van der Waals surface area contributed by atoms with E-state index >= 15 is 4.39 Å². The number of benzene rings is 1. The summed E-state index contributed by atoms with van der Waals surface area (Å²) in [4.78, 5) is 18.2. The number of aliphatic imine (C=N–C) groups is 1. The Balaban J connectivity index is 3.55. The minimum atomic E-state index is -1.90. The summed E-state index contributed by atoms with van der Waals surface area (Å²) in [7, 11) is 4.91. The van der Waals surface area contributed by atoms with Crippen LogP contribution in [0.25, 0.3) is 0 Å². The normalized spacial score (nSPS) is 14.3. The van der Waals surface area contributed by atoms with Gasteiger partial charge in [-0.15, -0.1) is 4.91 Å². The number of aryl methyl sites for hydroxylation is 1. The van der Waals surface area contributed by atoms with E-state index in [0.717, 1.165) is 12.1 Å². The molecule has 0 fully saturated rings. The maximum atomic E-state index is 15.1. The lowest BCUT2D eigenvalue weighted by atomic mass is 9.75. The second kappa shape index (κ2) is 9.07. The zero-order valence-electron chi connectivity index (χ0n) is 16.8. The van der Waals surface area contributed by atoms with Gasteiger partial charge in [-0.1, -0.05) is 5.18 Å². The summed E-state index contributed by atoms with van der Waals surface area (Å²) in [5.41, 5.74) is -1.63. The third-order valence-electron chi connectivity index (χ3n) is 4.66. The summed E-state index contributed by atoms with van der Waals surface area (Å²) in [6, 6.07) is 3.44. The van der Waals surface area contributed by atoms with Crippen molar-refractivity contribution in [3.63, 3.8) is 0 Å². The zero-order valence-corrected chi connectivity index (χ0v) is 16.8. The highest BCUT2D eigenvalue weighted by Crippen LogP contribution is 2.47. The lowest BCUT2D eigenvalue weighted by Gasteiger charge is -2.36. The van der Waals surface area contributed by atoms with Crippen LogP contribution in [0.3, 0.4) is 0 Å². The van der Waals surface area contributed by atoms with E-state index in [1.165, 1.54) is 28.1 Å². The Morgan fingerprint density at radius 2 is 1.96 bits per heavy atom. The van der Waals surface area contributed by atoms with Gasteiger partial charge in [-0.25, -0.2) is 9.38 Å². The minimum absolute atomic E-state index is 0.105. The van der Waals surface area contributed by atoms with Crippen molar-refractivity contribution in [2.24, 2.45) is 10.2 Å². The van der Waals surface area contributed by atoms with Gasteiger partial charge in [0.1, 0.15) is 11.4 Å². The third-order valence-corrected chi connectivity index (χ3v) is 4.66. The Bertz CT molecular complexity index is 644. The number of rotatable bonds is 10. The summed E-state index contributed by atoms with van der Waals surface area (Å²) in [6.07, 6.45) is 1.82. The molecule has 0 saturated heterocycles. The zero-order chi connectivity index (χ0) is 20.0. The monoisotopic (exact) mass is 367 g/mol. The molecule has 0 radical (unpaired) electrons. The summed E-state index contributed by atoms with van der Waals surface area (Å²) in [5.74, 6) is 0.378. The number of methoxy groups -OCH3 is 2. The largest absolute Gasteiger partial charge is 0.496 e. The Hall–Kier alpha value is -2.02. The molecule has 146 valence electrons. The lowest BCUT2D eigenvalue weighted by molar-refractivity contribution is 0.0574. The molecule has 0 amide bonds. The first-order valence-corrected chi connectivity index (χ1v) is 8.62. The molecule has 0 bridgehead atoms. The molecule has 1 aromatic carbocycles. The Morgan fingerprint density at radius 1 is 1.31 bits per heavy atom. The molecule has 1 rings (SSSR count). The van der Waals surface area contributed by atoms with E-state index in [4.69, 9.17) is 9.47 Å². The summed E-state index contributed by atoms with van der Waals surface area (Å²) < 4.78 is 25.7. The van der Waals surface area contributed by atoms with Crippen LogP contribution in [-0.4, -0.2) is 51.3 Å². The highest BCUT2D eigenvalue weighted by atomic mass is 19.1. The average Bonchev–Trinajstić information content (AvgIpc) is 2.60. The van der Waals surface area contributed by atoms with Gasteiger partial charge < -0.3 is 14.4 Å². The molecular formula is C19H30FN3O3. The second-order valence-corrected chi connectivity index (χ2v) is 6.82. The molecule has 1 atom stereocenters. The van der Waals surface area contributed by atoms with Crippen molar-refractivity contribution in [3.8, 4) is 5.75 Å². The predicted octanol–water partition coefficient (Wildman–Crippen LogP) is 4.36. The fourth-order valence-electron chi connectivity index (χ4n) is 2.76. The lowest BCUT2D eigenvalue weighted by Crippen LogP contribution is -2.43. The van der Waals surface area contributed by atoms with Gasteiger partial charge in [0, 0.05) is 45.4 Å². The molecule has 26 heavy (non-hydrogen) atoms. The van der Waals surface area contributed by atoms with Crippen LogP contribution < -0.4 is 4.74 Å². The molecule has 0 aliphatic rings. The number of nitroso groups, excluding NO2 is 1. The van der Waals surface area contributed by atoms with Crippen LogP contribution in [0.4, 0.5) is 10.1 Å². The fraction of sp³-hybridized carbons (Fsp3) is 0.632. The number of halogens is 1. The van der Waals surface area contributed by atoms with Crippen molar-refractivity contribution >= 4 is 12.0 Å². The summed E-state index contributed by atoms with van der Waals surface area (Å²) in [5, 5.41) is 3.23. The van der Waals surface area contributed by atoms with Gasteiger partial charge in [0.2, 0.25) is 0 Å². The molecule has 0 aliphatic heterocycles. The SMILES string of the molecule is CCN(C)C=Nc1cc(OC)c(C(CCOC)(N=O)C(C)(C)F)cc1C. The maximum Gasteiger partial charge on any atom is 0.166 e. The van der Waals surface area contributed by atoms with Crippen molar-refractivity contribution in [2.45, 2.75) is 45.3 Å². The molecule has 1 unspecified atom stereocenters. The van der Waals surface area contributed by atoms with E-state index in [1.807, 2.05) is 25.8 Å². The number of hydrogen-bond acceptors (Lipinski definition) is 5. The number of ether oxygens (including phenoxy) is 2. The van der Waals surface area contributed by atoms with Crippen LogP contribution in [0, 0.1) is 11.8 Å². The van der Waals surface area contributed by atoms with E-state index in [9.17, 15) is 4.91 Å². The first-order chi connectivity index (χ1) is 12.2. The highest BCUT2D eigenvalue weighted by molar-refractivity contribution is 5.65. The number of hydrogen-bond donors (Lipinski definition) is 0. The molecule has 0 aliphatic carbocycles. The molecule has 0 spiro atoms.